The summed E-state index contributed by atoms with van der Waals surface area (Å²) in [5, 5.41) is 11.3. The van der Waals surface area contributed by atoms with Gasteiger partial charge in [-0.2, -0.15) is 0 Å². The molecule has 0 fully saturated rings. The predicted molar refractivity (Wildman–Crippen MR) is 97.6 cm³/mol. The number of rotatable bonds is 9. The van der Waals surface area contributed by atoms with Crippen molar-refractivity contribution in [1.29, 1.82) is 0 Å². The van der Waals surface area contributed by atoms with Crippen molar-refractivity contribution < 1.29 is 23.1 Å². The van der Waals surface area contributed by atoms with Crippen LogP contribution in [-0.4, -0.2) is 31.9 Å². The zero-order valence-electron chi connectivity index (χ0n) is 14.2. The largest absolute Gasteiger partial charge is 0.481 e. The van der Waals surface area contributed by atoms with Crippen LogP contribution in [0.4, 0.5) is 0 Å². The Balaban J connectivity index is 1.97. The summed E-state index contributed by atoms with van der Waals surface area (Å²) >= 11 is 0. The monoisotopic (exact) mass is 375 g/mol. The SMILES string of the molecule is O=C(O)CCCCNC(=O)c1cccc(CS(=O)(=O)c2ccccc2)c1. The van der Waals surface area contributed by atoms with E-state index in [2.05, 4.69) is 5.32 Å². The second kappa shape index (κ2) is 9.15. The van der Waals surface area contributed by atoms with Crippen LogP contribution in [0.15, 0.2) is 59.5 Å². The highest BCUT2D eigenvalue weighted by Crippen LogP contribution is 2.17. The van der Waals surface area contributed by atoms with Crippen molar-refractivity contribution in [2.24, 2.45) is 0 Å². The molecule has 1 amide bonds. The summed E-state index contributed by atoms with van der Waals surface area (Å²) < 4.78 is 24.9. The van der Waals surface area contributed by atoms with Gasteiger partial charge in [0.05, 0.1) is 10.6 Å². The third kappa shape index (κ3) is 6.00. The fraction of sp³-hybridized carbons (Fsp3) is 0.263. The van der Waals surface area contributed by atoms with Gasteiger partial charge >= 0.3 is 5.97 Å². The number of hydrogen-bond donors (Lipinski definition) is 2. The number of nitrogens with one attached hydrogen (secondary N) is 1. The zero-order chi connectivity index (χ0) is 19.0. The molecule has 0 aliphatic rings. The molecule has 7 heteroatoms. The molecule has 0 atom stereocenters. The maximum atomic E-state index is 12.4. The van der Waals surface area contributed by atoms with Gasteiger partial charge in [0.15, 0.2) is 9.84 Å². The van der Waals surface area contributed by atoms with E-state index in [1.54, 1.807) is 54.6 Å². The van der Waals surface area contributed by atoms with Crippen LogP contribution in [0.1, 0.15) is 35.2 Å². The van der Waals surface area contributed by atoms with Crippen molar-refractivity contribution in [3.05, 3.63) is 65.7 Å². The summed E-state index contributed by atoms with van der Waals surface area (Å²) in [5.41, 5.74) is 0.913. The van der Waals surface area contributed by atoms with E-state index in [1.807, 2.05) is 0 Å². The first-order valence-electron chi connectivity index (χ1n) is 8.25. The van der Waals surface area contributed by atoms with Crippen LogP contribution in [0.3, 0.4) is 0 Å². The number of carbonyl (C=O) groups excluding carboxylic acids is 1. The summed E-state index contributed by atoms with van der Waals surface area (Å²) in [5.74, 6) is -1.35. The molecule has 2 N–H and O–H groups in total. The molecule has 0 heterocycles. The Labute approximate surface area is 152 Å². The summed E-state index contributed by atoms with van der Waals surface area (Å²) in [6.45, 7) is 0.374. The van der Waals surface area contributed by atoms with Crippen LogP contribution in [0.2, 0.25) is 0 Å². The first-order chi connectivity index (χ1) is 12.4. The molecule has 138 valence electrons. The zero-order valence-corrected chi connectivity index (χ0v) is 15.0. The smallest absolute Gasteiger partial charge is 0.303 e. The van der Waals surface area contributed by atoms with E-state index in [-0.39, 0.29) is 23.0 Å². The lowest BCUT2D eigenvalue weighted by Gasteiger charge is -2.08. The molecule has 0 bridgehead atoms. The molecule has 2 aromatic carbocycles. The molecule has 2 aromatic rings. The van der Waals surface area contributed by atoms with Crippen molar-refractivity contribution in [3.63, 3.8) is 0 Å². The van der Waals surface area contributed by atoms with Crippen LogP contribution >= 0.6 is 0 Å². The fourth-order valence-electron chi connectivity index (χ4n) is 2.44. The van der Waals surface area contributed by atoms with Gasteiger partial charge in [0.1, 0.15) is 0 Å². The number of carboxylic acid groups (broad SMARTS) is 1. The molecular formula is C19H21NO5S. The Bertz CT molecular complexity index is 863. The average molecular weight is 375 g/mol. The number of carboxylic acids is 1. The summed E-state index contributed by atoms with van der Waals surface area (Å²) in [6, 6.07) is 14.7. The highest BCUT2D eigenvalue weighted by Gasteiger charge is 2.16. The first-order valence-corrected chi connectivity index (χ1v) is 9.90. The van der Waals surface area contributed by atoms with Crippen molar-refractivity contribution >= 4 is 21.7 Å². The van der Waals surface area contributed by atoms with E-state index in [9.17, 15) is 18.0 Å². The van der Waals surface area contributed by atoms with Crippen molar-refractivity contribution in [2.45, 2.75) is 29.9 Å². The molecular weight excluding hydrogens is 354 g/mol. The van der Waals surface area contributed by atoms with Crippen LogP contribution in [-0.2, 0) is 20.4 Å². The van der Waals surface area contributed by atoms with Gasteiger partial charge in [-0.05, 0) is 42.7 Å². The number of aliphatic carboxylic acids is 1. The molecule has 0 aromatic heterocycles. The molecule has 0 aliphatic heterocycles. The van der Waals surface area contributed by atoms with Crippen LogP contribution in [0.5, 0.6) is 0 Å². The number of carbonyl (C=O) groups is 2. The predicted octanol–water partition coefficient (Wildman–Crippen LogP) is 2.65. The Morgan fingerprint density at radius 1 is 0.962 bits per heavy atom. The Morgan fingerprint density at radius 2 is 1.69 bits per heavy atom. The van der Waals surface area contributed by atoms with Gasteiger partial charge in [0, 0.05) is 18.5 Å². The van der Waals surface area contributed by atoms with Gasteiger partial charge in [0.2, 0.25) is 0 Å². The van der Waals surface area contributed by atoms with Gasteiger partial charge in [0.25, 0.3) is 5.91 Å². The quantitative estimate of drug-likeness (QED) is 0.656. The van der Waals surface area contributed by atoms with Gasteiger partial charge in [-0.1, -0.05) is 30.3 Å². The van der Waals surface area contributed by atoms with E-state index in [0.29, 0.717) is 30.5 Å². The summed E-state index contributed by atoms with van der Waals surface area (Å²) in [7, 11) is -3.48. The summed E-state index contributed by atoms with van der Waals surface area (Å²) in [6.07, 6.45) is 1.13. The molecule has 0 spiro atoms. The van der Waals surface area contributed by atoms with E-state index in [4.69, 9.17) is 5.11 Å². The Hall–Kier alpha value is -2.67. The number of benzene rings is 2. The normalized spacial score (nSPS) is 11.1. The fourth-order valence-corrected chi connectivity index (χ4v) is 3.80. The van der Waals surface area contributed by atoms with Crippen molar-refractivity contribution in [3.8, 4) is 0 Å². The Morgan fingerprint density at radius 3 is 2.38 bits per heavy atom. The van der Waals surface area contributed by atoms with E-state index in [0.717, 1.165) is 0 Å². The maximum Gasteiger partial charge on any atom is 0.303 e. The molecule has 0 unspecified atom stereocenters. The lowest BCUT2D eigenvalue weighted by atomic mass is 10.1. The summed E-state index contributed by atoms with van der Waals surface area (Å²) in [4.78, 5) is 22.8. The van der Waals surface area contributed by atoms with Crippen molar-refractivity contribution in [1.82, 2.24) is 5.32 Å². The second-order valence-corrected chi connectivity index (χ2v) is 7.87. The number of amides is 1. The van der Waals surface area contributed by atoms with Gasteiger partial charge in [-0.25, -0.2) is 8.42 Å². The minimum absolute atomic E-state index is 0.0721. The number of sulfone groups is 1. The Kier molecular flexibility index (Phi) is 6.91. The third-order valence-corrected chi connectivity index (χ3v) is 5.45. The number of unbranched alkanes of at least 4 members (excludes halogenated alkanes) is 1. The molecule has 0 saturated carbocycles. The molecule has 6 nitrogen and oxygen atoms in total. The third-order valence-electron chi connectivity index (χ3n) is 3.75. The molecule has 26 heavy (non-hydrogen) atoms. The van der Waals surface area contributed by atoms with Gasteiger partial charge in [-0.3, -0.25) is 9.59 Å². The maximum absolute atomic E-state index is 12.4. The molecule has 0 radical (unpaired) electrons. The molecule has 0 saturated heterocycles. The minimum atomic E-state index is -3.48. The van der Waals surface area contributed by atoms with Gasteiger partial charge < -0.3 is 10.4 Å². The number of hydrogen-bond acceptors (Lipinski definition) is 4. The highest BCUT2D eigenvalue weighted by atomic mass is 32.2. The van der Waals surface area contributed by atoms with E-state index >= 15 is 0 Å². The first kappa shape index (κ1) is 19.7. The standard InChI is InChI=1S/C19H21NO5S/c21-18(22)11-4-5-12-20-19(23)16-8-6-7-15(13-16)14-26(24,25)17-9-2-1-3-10-17/h1-3,6-10,13H,4-5,11-12,14H2,(H,20,23)(H,21,22). The topological polar surface area (TPSA) is 101 Å². The highest BCUT2D eigenvalue weighted by molar-refractivity contribution is 7.90. The van der Waals surface area contributed by atoms with E-state index in [1.165, 1.54) is 0 Å². The lowest BCUT2D eigenvalue weighted by Crippen LogP contribution is -2.24. The minimum Gasteiger partial charge on any atom is -0.481 e. The van der Waals surface area contributed by atoms with E-state index < -0.39 is 15.8 Å². The van der Waals surface area contributed by atoms with Crippen molar-refractivity contribution in [2.75, 3.05) is 6.54 Å². The van der Waals surface area contributed by atoms with Gasteiger partial charge in [-0.15, -0.1) is 0 Å². The van der Waals surface area contributed by atoms with Crippen LogP contribution in [0.25, 0.3) is 0 Å². The van der Waals surface area contributed by atoms with Crippen LogP contribution in [0, 0.1) is 0 Å². The molecule has 0 aliphatic carbocycles. The second-order valence-electron chi connectivity index (χ2n) is 5.88. The molecule has 2 rings (SSSR count). The average Bonchev–Trinajstić information content (AvgIpc) is 2.61. The van der Waals surface area contributed by atoms with Crippen LogP contribution < -0.4 is 5.32 Å². The lowest BCUT2D eigenvalue weighted by molar-refractivity contribution is -0.137.